The van der Waals surface area contributed by atoms with E-state index in [4.69, 9.17) is 9.26 Å². The molecule has 2 aromatic carbocycles. The van der Waals surface area contributed by atoms with E-state index in [0.717, 1.165) is 0 Å². The molecule has 146 valence electrons. The summed E-state index contributed by atoms with van der Waals surface area (Å²) in [6.07, 6.45) is 0.254. The Morgan fingerprint density at radius 3 is 2.72 bits per heavy atom. The van der Waals surface area contributed by atoms with E-state index in [1.807, 2.05) is 0 Å². The highest BCUT2D eigenvalue weighted by molar-refractivity contribution is 5.77. The lowest BCUT2D eigenvalue weighted by Crippen LogP contribution is -2.14. The van der Waals surface area contributed by atoms with E-state index in [9.17, 15) is 14.0 Å². The molecule has 0 radical (unpaired) electrons. The Labute approximate surface area is 163 Å². The van der Waals surface area contributed by atoms with Crippen LogP contribution in [0.3, 0.4) is 0 Å². The lowest BCUT2D eigenvalue weighted by atomic mass is 10.2. The second-order valence-electron chi connectivity index (χ2n) is 6.21. The standard InChI is InChI=1S/C20H15FN4O4/c21-13-7-5-12(6-8-13)19-24-17(29-25-19)11-28-18(26)10-9-16-22-15-4-2-1-3-14(15)20(27)23-16/h1-8H,9-11H2,(H,22,23,27). The molecule has 0 unspecified atom stereocenters. The monoisotopic (exact) mass is 394 g/mol. The molecule has 4 aromatic rings. The van der Waals surface area contributed by atoms with Crippen LogP contribution < -0.4 is 5.56 Å². The van der Waals surface area contributed by atoms with E-state index in [1.54, 1.807) is 24.3 Å². The van der Waals surface area contributed by atoms with Crippen molar-refractivity contribution in [2.24, 2.45) is 0 Å². The molecule has 0 bridgehead atoms. The second kappa shape index (κ2) is 8.01. The molecule has 0 aliphatic heterocycles. The highest BCUT2D eigenvalue weighted by Crippen LogP contribution is 2.16. The van der Waals surface area contributed by atoms with E-state index in [2.05, 4.69) is 20.1 Å². The number of aromatic amines is 1. The van der Waals surface area contributed by atoms with Crippen LogP contribution in [0.5, 0.6) is 0 Å². The highest BCUT2D eigenvalue weighted by Gasteiger charge is 2.12. The van der Waals surface area contributed by atoms with Crippen LogP contribution in [0.1, 0.15) is 18.1 Å². The minimum Gasteiger partial charge on any atom is -0.456 e. The molecule has 1 N–H and O–H groups in total. The Kier molecular flexibility index (Phi) is 5.10. The van der Waals surface area contributed by atoms with Gasteiger partial charge in [-0.3, -0.25) is 9.59 Å². The molecule has 0 saturated carbocycles. The molecular formula is C20H15FN4O4. The van der Waals surface area contributed by atoms with E-state index in [1.165, 1.54) is 24.3 Å². The Balaban J connectivity index is 1.33. The maximum atomic E-state index is 13.0. The lowest BCUT2D eigenvalue weighted by Gasteiger charge is -2.03. The maximum Gasteiger partial charge on any atom is 0.306 e. The first-order chi connectivity index (χ1) is 14.1. The average molecular weight is 394 g/mol. The molecular weight excluding hydrogens is 379 g/mol. The quantitative estimate of drug-likeness (QED) is 0.501. The molecule has 2 aromatic heterocycles. The molecule has 2 heterocycles. The number of aromatic nitrogens is 4. The van der Waals surface area contributed by atoms with Crippen LogP contribution in [0.15, 0.2) is 57.8 Å². The van der Waals surface area contributed by atoms with Crippen LogP contribution in [0.25, 0.3) is 22.3 Å². The van der Waals surface area contributed by atoms with Gasteiger partial charge in [0.1, 0.15) is 11.6 Å². The molecule has 0 aliphatic rings. The van der Waals surface area contributed by atoms with Gasteiger partial charge in [-0.15, -0.1) is 0 Å². The van der Waals surface area contributed by atoms with Crippen LogP contribution in [0, 0.1) is 5.82 Å². The van der Waals surface area contributed by atoms with Gasteiger partial charge in [0.2, 0.25) is 5.82 Å². The van der Waals surface area contributed by atoms with E-state index >= 15 is 0 Å². The number of hydrogen-bond donors (Lipinski definition) is 1. The number of para-hydroxylation sites is 1. The fourth-order valence-corrected chi connectivity index (χ4v) is 2.72. The molecule has 0 saturated heterocycles. The number of benzene rings is 2. The summed E-state index contributed by atoms with van der Waals surface area (Å²) in [6, 6.07) is 12.6. The van der Waals surface area contributed by atoms with E-state index in [0.29, 0.717) is 22.3 Å². The number of halogens is 1. The molecule has 29 heavy (non-hydrogen) atoms. The summed E-state index contributed by atoms with van der Waals surface area (Å²) in [6.45, 7) is -0.186. The topological polar surface area (TPSA) is 111 Å². The lowest BCUT2D eigenvalue weighted by molar-refractivity contribution is -0.145. The number of fused-ring (bicyclic) bond motifs is 1. The van der Waals surface area contributed by atoms with Gasteiger partial charge in [-0.2, -0.15) is 4.98 Å². The fourth-order valence-electron chi connectivity index (χ4n) is 2.72. The Bertz CT molecular complexity index is 1220. The van der Waals surface area contributed by atoms with Gasteiger partial charge in [0, 0.05) is 12.0 Å². The molecule has 0 spiro atoms. The van der Waals surface area contributed by atoms with Gasteiger partial charge in [0.15, 0.2) is 6.61 Å². The number of hydrogen-bond acceptors (Lipinski definition) is 7. The van der Waals surface area contributed by atoms with Gasteiger partial charge < -0.3 is 14.2 Å². The summed E-state index contributed by atoms with van der Waals surface area (Å²) in [5.41, 5.74) is 0.899. The van der Waals surface area contributed by atoms with Gasteiger partial charge in [0.05, 0.1) is 17.3 Å². The van der Waals surface area contributed by atoms with Crippen molar-refractivity contribution in [1.29, 1.82) is 0 Å². The number of carbonyl (C=O) groups excluding carboxylic acids is 1. The summed E-state index contributed by atoms with van der Waals surface area (Å²) in [4.78, 5) is 35.1. The number of H-pyrrole nitrogens is 1. The number of carbonyl (C=O) groups is 1. The van der Waals surface area contributed by atoms with Crippen LogP contribution >= 0.6 is 0 Å². The van der Waals surface area contributed by atoms with Crippen LogP contribution in [0.2, 0.25) is 0 Å². The Hall–Kier alpha value is -3.88. The van der Waals surface area contributed by atoms with Crippen molar-refractivity contribution in [3.05, 3.63) is 76.4 Å². The van der Waals surface area contributed by atoms with E-state index in [-0.39, 0.29) is 42.5 Å². The first kappa shape index (κ1) is 18.5. The fraction of sp³-hybridized carbons (Fsp3) is 0.150. The zero-order valence-corrected chi connectivity index (χ0v) is 15.1. The molecule has 0 atom stereocenters. The number of nitrogens with one attached hydrogen (secondary N) is 1. The minimum atomic E-state index is -0.498. The molecule has 4 rings (SSSR count). The van der Waals surface area contributed by atoms with Gasteiger partial charge >= 0.3 is 5.97 Å². The van der Waals surface area contributed by atoms with Crippen LogP contribution in [-0.2, 0) is 22.6 Å². The number of aryl methyl sites for hydroxylation is 1. The zero-order chi connectivity index (χ0) is 20.2. The van der Waals surface area contributed by atoms with Crippen molar-refractivity contribution >= 4 is 16.9 Å². The molecule has 9 heteroatoms. The zero-order valence-electron chi connectivity index (χ0n) is 15.1. The molecule has 8 nitrogen and oxygen atoms in total. The highest BCUT2D eigenvalue weighted by atomic mass is 19.1. The first-order valence-electron chi connectivity index (χ1n) is 8.80. The van der Waals surface area contributed by atoms with E-state index < -0.39 is 5.97 Å². The van der Waals surface area contributed by atoms with Crippen molar-refractivity contribution in [3.63, 3.8) is 0 Å². The van der Waals surface area contributed by atoms with Crippen molar-refractivity contribution in [2.45, 2.75) is 19.4 Å². The molecule has 0 fully saturated rings. The van der Waals surface area contributed by atoms with Gasteiger partial charge in [0.25, 0.3) is 11.4 Å². The summed E-state index contributed by atoms with van der Waals surface area (Å²) in [7, 11) is 0. The van der Waals surface area contributed by atoms with Crippen molar-refractivity contribution < 1.29 is 18.4 Å². The minimum absolute atomic E-state index is 0.0280. The van der Waals surface area contributed by atoms with Crippen molar-refractivity contribution in [2.75, 3.05) is 0 Å². The Morgan fingerprint density at radius 1 is 1.10 bits per heavy atom. The predicted octanol–water partition coefficient (Wildman–Crippen LogP) is 2.79. The number of ether oxygens (including phenoxy) is 1. The van der Waals surface area contributed by atoms with Crippen LogP contribution in [-0.4, -0.2) is 26.1 Å². The van der Waals surface area contributed by atoms with Gasteiger partial charge in [-0.25, -0.2) is 9.37 Å². The second-order valence-corrected chi connectivity index (χ2v) is 6.21. The van der Waals surface area contributed by atoms with Gasteiger partial charge in [-0.05, 0) is 36.4 Å². The van der Waals surface area contributed by atoms with Gasteiger partial charge in [-0.1, -0.05) is 17.3 Å². The van der Waals surface area contributed by atoms with Crippen molar-refractivity contribution in [1.82, 2.24) is 20.1 Å². The smallest absolute Gasteiger partial charge is 0.306 e. The molecule has 0 aliphatic carbocycles. The number of nitrogens with zero attached hydrogens (tertiary/aromatic N) is 3. The van der Waals surface area contributed by atoms with Crippen molar-refractivity contribution in [3.8, 4) is 11.4 Å². The summed E-state index contributed by atoms with van der Waals surface area (Å²) in [5.74, 6) is -0.0677. The predicted molar refractivity (Wildman–Crippen MR) is 100 cm³/mol. The van der Waals surface area contributed by atoms with Crippen LogP contribution in [0.4, 0.5) is 4.39 Å². The largest absolute Gasteiger partial charge is 0.456 e. The summed E-state index contributed by atoms with van der Waals surface area (Å²) < 4.78 is 23.1. The summed E-state index contributed by atoms with van der Waals surface area (Å²) in [5, 5.41) is 4.27. The number of rotatable bonds is 6. The summed E-state index contributed by atoms with van der Waals surface area (Å²) >= 11 is 0. The first-order valence-corrected chi connectivity index (χ1v) is 8.80. The SMILES string of the molecule is O=C(CCc1nc2ccccc2c(=O)[nH]1)OCc1nc(-c2ccc(F)cc2)no1. The Morgan fingerprint density at radius 2 is 1.90 bits per heavy atom. The normalized spacial score (nSPS) is 10.9. The number of esters is 1. The third kappa shape index (κ3) is 4.34. The third-order valence-electron chi connectivity index (χ3n) is 4.15. The maximum absolute atomic E-state index is 13.0. The third-order valence-corrected chi connectivity index (χ3v) is 4.15. The molecule has 0 amide bonds. The average Bonchev–Trinajstić information content (AvgIpc) is 3.20.